The molecule has 0 spiro atoms. The van der Waals surface area contributed by atoms with Crippen molar-refractivity contribution < 1.29 is 14.3 Å². The van der Waals surface area contributed by atoms with E-state index >= 15 is 0 Å². The van der Waals surface area contributed by atoms with Gasteiger partial charge in [-0.1, -0.05) is 6.92 Å². The van der Waals surface area contributed by atoms with Gasteiger partial charge in [0.05, 0.1) is 12.8 Å². The van der Waals surface area contributed by atoms with E-state index in [9.17, 15) is 4.79 Å². The first kappa shape index (κ1) is 14.1. The van der Waals surface area contributed by atoms with Crippen LogP contribution < -0.4 is 0 Å². The molecule has 1 aromatic heterocycles. The van der Waals surface area contributed by atoms with E-state index in [1.807, 2.05) is 7.05 Å². The first-order chi connectivity index (χ1) is 8.10. The molecule has 5 heteroatoms. The third-order valence-electron chi connectivity index (χ3n) is 2.82. The quantitative estimate of drug-likeness (QED) is 0.813. The number of aromatic carboxylic acids is 1. The number of rotatable bonds is 7. The molecule has 1 heterocycles. The molecule has 0 aliphatic heterocycles. The largest absolute Gasteiger partial charge is 0.478 e. The van der Waals surface area contributed by atoms with Crippen LogP contribution >= 0.6 is 11.8 Å². The first-order valence-corrected chi connectivity index (χ1v) is 6.98. The zero-order valence-electron chi connectivity index (χ0n) is 10.5. The van der Waals surface area contributed by atoms with Crippen molar-refractivity contribution in [1.82, 2.24) is 4.90 Å². The Morgan fingerprint density at radius 1 is 1.65 bits per heavy atom. The summed E-state index contributed by atoms with van der Waals surface area (Å²) in [5, 5.41) is 8.98. The summed E-state index contributed by atoms with van der Waals surface area (Å²) in [5.74, 6) is 0.635. The second kappa shape index (κ2) is 6.71. The van der Waals surface area contributed by atoms with Gasteiger partial charge in [-0.15, -0.1) is 0 Å². The zero-order chi connectivity index (χ0) is 12.8. The van der Waals surface area contributed by atoms with E-state index in [1.54, 1.807) is 11.8 Å². The lowest BCUT2D eigenvalue weighted by molar-refractivity contribution is 0.0692. The van der Waals surface area contributed by atoms with Crippen LogP contribution in [0.5, 0.6) is 0 Å². The fraction of sp³-hybridized carbons (Fsp3) is 0.583. The monoisotopic (exact) mass is 257 g/mol. The smallest absolute Gasteiger partial charge is 0.339 e. The summed E-state index contributed by atoms with van der Waals surface area (Å²) in [4.78, 5) is 13.1. The molecule has 96 valence electrons. The third kappa shape index (κ3) is 3.78. The van der Waals surface area contributed by atoms with Crippen molar-refractivity contribution in [2.24, 2.45) is 0 Å². The van der Waals surface area contributed by atoms with Crippen LogP contribution in [0.3, 0.4) is 0 Å². The molecule has 0 bridgehead atoms. The summed E-state index contributed by atoms with van der Waals surface area (Å²) in [5.41, 5.74) is 0.260. The number of thioether (sulfide) groups is 1. The summed E-state index contributed by atoms with van der Waals surface area (Å²) in [6.07, 6.45) is 4.55. The Morgan fingerprint density at radius 3 is 2.88 bits per heavy atom. The number of furan rings is 1. The number of nitrogens with zero attached hydrogens (tertiary/aromatic N) is 1. The molecule has 17 heavy (non-hydrogen) atoms. The van der Waals surface area contributed by atoms with Gasteiger partial charge in [0, 0.05) is 11.8 Å². The minimum atomic E-state index is -0.930. The van der Waals surface area contributed by atoms with Gasteiger partial charge in [-0.25, -0.2) is 4.79 Å². The summed E-state index contributed by atoms with van der Waals surface area (Å²) in [6, 6.07) is 1.94. The molecule has 0 aliphatic rings. The lowest BCUT2D eigenvalue weighted by Gasteiger charge is -2.25. The highest BCUT2D eigenvalue weighted by Gasteiger charge is 2.18. The normalized spacial score (nSPS) is 12.9. The molecular formula is C12H19NO3S. The van der Waals surface area contributed by atoms with Crippen molar-refractivity contribution in [3.05, 3.63) is 23.7 Å². The van der Waals surface area contributed by atoms with Gasteiger partial charge in [0.15, 0.2) is 0 Å². The lowest BCUT2D eigenvalue weighted by Crippen LogP contribution is -2.32. The van der Waals surface area contributed by atoms with Crippen molar-refractivity contribution in [2.75, 3.05) is 19.1 Å². The van der Waals surface area contributed by atoms with Crippen LogP contribution in [0.2, 0.25) is 0 Å². The minimum Gasteiger partial charge on any atom is -0.478 e. The van der Waals surface area contributed by atoms with E-state index < -0.39 is 5.97 Å². The lowest BCUT2D eigenvalue weighted by atomic mass is 10.2. The van der Waals surface area contributed by atoms with Crippen molar-refractivity contribution in [3.8, 4) is 0 Å². The summed E-state index contributed by atoms with van der Waals surface area (Å²) < 4.78 is 5.24. The fourth-order valence-electron chi connectivity index (χ4n) is 1.76. The van der Waals surface area contributed by atoms with E-state index in [0.717, 1.165) is 12.2 Å². The molecular weight excluding hydrogens is 238 g/mol. The Labute approximate surface area is 106 Å². The van der Waals surface area contributed by atoms with Crippen molar-refractivity contribution in [2.45, 2.75) is 25.9 Å². The van der Waals surface area contributed by atoms with Gasteiger partial charge in [-0.05, 0) is 25.8 Å². The molecule has 4 nitrogen and oxygen atoms in total. The van der Waals surface area contributed by atoms with Gasteiger partial charge in [-0.3, -0.25) is 4.90 Å². The summed E-state index contributed by atoms with van der Waals surface area (Å²) in [7, 11) is 2.00. The second-order valence-corrected chi connectivity index (χ2v) is 4.91. The molecule has 1 N–H and O–H groups in total. The molecule has 1 unspecified atom stereocenters. The van der Waals surface area contributed by atoms with Gasteiger partial charge >= 0.3 is 5.97 Å². The number of hydrogen-bond donors (Lipinski definition) is 1. The van der Waals surface area contributed by atoms with Gasteiger partial charge in [0.25, 0.3) is 0 Å². The van der Waals surface area contributed by atoms with Crippen molar-refractivity contribution in [3.63, 3.8) is 0 Å². The minimum absolute atomic E-state index is 0.260. The van der Waals surface area contributed by atoms with Crippen LogP contribution in [0.25, 0.3) is 0 Å². The highest BCUT2D eigenvalue weighted by atomic mass is 32.2. The van der Waals surface area contributed by atoms with E-state index in [1.165, 1.54) is 12.3 Å². The highest BCUT2D eigenvalue weighted by Crippen LogP contribution is 2.16. The number of carbonyl (C=O) groups is 1. The Morgan fingerprint density at radius 2 is 2.35 bits per heavy atom. The van der Waals surface area contributed by atoms with Crippen LogP contribution in [0, 0.1) is 0 Å². The maximum Gasteiger partial charge on any atom is 0.339 e. The standard InChI is InChI=1S/C12H19NO3S/c1-4-9(8-17-3)13(2)7-11-10(12(14)15)5-6-16-11/h5-6,9H,4,7-8H2,1-3H3,(H,14,15). The maximum atomic E-state index is 10.9. The summed E-state index contributed by atoms with van der Waals surface area (Å²) >= 11 is 1.80. The average Bonchev–Trinajstić information content (AvgIpc) is 2.73. The Bertz CT molecular complexity index is 364. The number of hydrogen-bond acceptors (Lipinski definition) is 4. The zero-order valence-corrected chi connectivity index (χ0v) is 11.3. The Kier molecular flexibility index (Phi) is 5.58. The molecule has 0 radical (unpaired) electrons. The molecule has 1 rings (SSSR count). The van der Waals surface area contributed by atoms with E-state index in [0.29, 0.717) is 18.3 Å². The molecule has 0 aliphatic carbocycles. The molecule has 0 amide bonds. The van der Waals surface area contributed by atoms with Crippen LogP contribution in [0.1, 0.15) is 29.5 Å². The molecule has 0 aromatic carbocycles. The fourth-order valence-corrected chi connectivity index (χ4v) is 2.63. The van der Waals surface area contributed by atoms with E-state index in [-0.39, 0.29) is 5.56 Å². The first-order valence-electron chi connectivity index (χ1n) is 5.59. The molecule has 0 saturated carbocycles. The van der Waals surface area contributed by atoms with Crippen LogP contribution in [-0.2, 0) is 6.54 Å². The van der Waals surface area contributed by atoms with E-state index in [4.69, 9.17) is 9.52 Å². The average molecular weight is 257 g/mol. The molecule has 0 fully saturated rings. The molecule has 0 saturated heterocycles. The van der Waals surface area contributed by atoms with Crippen LogP contribution in [-0.4, -0.2) is 41.1 Å². The Balaban J connectivity index is 2.69. The topological polar surface area (TPSA) is 53.7 Å². The van der Waals surface area contributed by atoms with Gasteiger partial charge in [0.1, 0.15) is 11.3 Å². The van der Waals surface area contributed by atoms with E-state index in [2.05, 4.69) is 18.1 Å². The highest BCUT2D eigenvalue weighted by molar-refractivity contribution is 7.98. The van der Waals surface area contributed by atoms with Gasteiger partial charge in [-0.2, -0.15) is 11.8 Å². The number of carboxylic acid groups (broad SMARTS) is 1. The van der Waals surface area contributed by atoms with Crippen molar-refractivity contribution in [1.29, 1.82) is 0 Å². The van der Waals surface area contributed by atoms with Gasteiger partial charge in [0.2, 0.25) is 0 Å². The summed E-state index contributed by atoms with van der Waals surface area (Å²) in [6.45, 7) is 2.67. The number of carboxylic acids is 1. The van der Waals surface area contributed by atoms with Crippen LogP contribution in [0.15, 0.2) is 16.7 Å². The second-order valence-electron chi connectivity index (χ2n) is 4.00. The predicted molar refractivity (Wildman–Crippen MR) is 69.6 cm³/mol. The molecule has 1 aromatic rings. The molecule has 1 atom stereocenters. The van der Waals surface area contributed by atoms with Crippen LogP contribution in [0.4, 0.5) is 0 Å². The Hall–Kier alpha value is -0.940. The predicted octanol–water partition coefficient (Wildman–Crippen LogP) is 2.55. The van der Waals surface area contributed by atoms with Gasteiger partial charge < -0.3 is 9.52 Å². The third-order valence-corrected chi connectivity index (χ3v) is 3.54. The van der Waals surface area contributed by atoms with Crippen molar-refractivity contribution >= 4 is 17.7 Å². The maximum absolute atomic E-state index is 10.9. The SMILES string of the molecule is CCC(CSC)N(C)Cc1occc1C(=O)O.